The van der Waals surface area contributed by atoms with Crippen LogP contribution in [0.3, 0.4) is 0 Å². The Morgan fingerprint density at radius 1 is 0.938 bits per heavy atom. The average Bonchev–Trinajstić information content (AvgIpc) is 3.17. The number of fused-ring (bicyclic) bond motifs is 1. The van der Waals surface area contributed by atoms with Gasteiger partial charge in [0, 0.05) is 25.0 Å². The molecule has 0 aromatic heterocycles. The van der Waals surface area contributed by atoms with Crippen LogP contribution in [0.15, 0.2) is 77.9 Å². The number of pyridine rings is 1. The minimum Gasteiger partial charge on any atom is -0.349 e. The van der Waals surface area contributed by atoms with Crippen LogP contribution in [-0.2, 0) is 6.54 Å². The van der Waals surface area contributed by atoms with E-state index < -0.39 is 0 Å². The minimum atomic E-state index is -0.222. The van der Waals surface area contributed by atoms with E-state index >= 15 is 0 Å². The van der Waals surface area contributed by atoms with Gasteiger partial charge in [-0.1, -0.05) is 67.8 Å². The van der Waals surface area contributed by atoms with Crippen molar-refractivity contribution in [3.63, 3.8) is 0 Å². The van der Waals surface area contributed by atoms with Crippen molar-refractivity contribution >= 4 is 5.91 Å². The third-order valence-electron chi connectivity index (χ3n) is 6.12. The van der Waals surface area contributed by atoms with Gasteiger partial charge in [-0.05, 0) is 30.5 Å². The SMILES string of the molecule is O=C(NC1CCCCC1)c1cn(Cc2ccccc2)cc2c(=O)n(-c3ccccc3)nc1-2. The number of amides is 1. The van der Waals surface area contributed by atoms with E-state index in [0.29, 0.717) is 29.1 Å². The van der Waals surface area contributed by atoms with Gasteiger partial charge in [0.2, 0.25) is 0 Å². The third kappa shape index (κ3) is 4.08. The maximum absolute atomic E-state index is 13.3. The second kappa shape index (κ2) is 8.83. The molecule has 6 heteroatoms. The number of aromatic nitrogens is 3. The van der Waals surface area contributed by atoms with Gasteiger partial charge in [0.1, 0.15) is 5.69 Å². The third-order valence-corrected chi connectivity index (χ3v) is 6.12. The maximum atomic E-state index is 13.3. The highest BCUT2D eigenvalue weighted by atomic mass is 16.2. The first kappa shape index (κ1) is 20.2. The molecule has 32 heavy (non-hydrogen) atoms. The molecule has 1 amide bonds. The molecule has 0 bridgehead atoms. The Balaban J connectivity index is 1.59. The van der Waals surface area contributed by atoms with Crippen LogP contribution in [0.5, 0.6) is 0 Å². The monoisotopic (exact) mass is 426 g/mol. The molecule has 0 saturated heterocycles. The molecule has 0 unspecified atom stereocenters. The van der Waals surface area contributed by atoms with Crippen molar-refractivity contribution in [1.82, 2.24) is 19.7 Å². The summed E-state index contributed by atoms with van der Waals surface area (Å²) in [4.78, 5) is 26.6. The highest BCUT2D eigenvalue weighted by molar-refractivity contribution is 6.00. The summed E-state index contributed by atoms with van der Waals surface area (Å²) in [5, 5.41) is 7.76. The van der Waals surface area contributed by atoms with Gasteiger partial charge in [0.25, 0.3) is 11.5 Å². The molecule has 0 spiro atoms. The van der Waals surface area contributed by atoms with Crippen molar-refractivity contribution < 1.29 is 4.79 Å². The topological polar surface area (TPSA) is 68.9 Å². The summed E-state index contributed by atoms with van der Waals surface area (Å²) in [6, 6.07) is 19.5. The van der Waals surface area contributed by atoms with Crippen LogP contribution in [0.1, 0.15) is 48.0 Å². The van der Waals surface area contributed by atoms with Gasteiger partial charge in [-0.25, -0.2) is 0 Å². The predicted molar refractivity (Wildman–Crippen MR) is 124 cm³/mol. The largest absolute Gasteiger partial charge is 0.349 e. The first-order chi connectivity index (χ1) is 15.7. The molecule has 1 saturated carbocycles. The van der Waals surface area contributed by atoms with Gasteiger partial charge in [-0.15, -0.1) is 0 Å². The second-order valence-electron chi connectivity index (χ2n) is 8.45. The molecule has 2 aliphatic heterocycles. The molecule has 5 rings (SSSR count). The number of hydrogen-bond acceptors (Lipinski definition) is 3. The maximum Gasteiger partial charge on any atom is 0.282 e. The van der Waals surface area contributed by atoms with E-state index in [1.165, 1.54) is 11.1 Å². The fraction of sp³-hybridized carbons (Fsp3) is 0.269. The molecule has 6 nitrogen and oxygen atoms in total. The highest BCUT2D eigenvalue weighted by Crippen LogP contribution is 2.24. The van der Waals surface area contributed by atoms with Crippen molar-refractivity contribution in [2.75, 3.05) is 0 Å². The summed E-state index contributed by atoms with van der Waals surface area (Å²) < 4.78 is 3.29. The highest BCUT2D eigenvalue weighted by Gasteiger charge is 2.26. The Morgan fingerprint density at radius 2 is 1.62 bits per heavy atom. The van der Waals surface area contributed by atoms with Crippen LogP contribution in [0, 0.1) is 0 Å². The molecule has 0 radical (unpaired) electrons. The molecular formula is C26H26N4O2. The molecule has 2 aromatic carbocycles. The molecular weight excluding hydrogens is 400 g/mol. The lowest BCUT2D eigenvalue weighted by molar-refractivity contribution is 0.0927. The van der Waals surface area contributed by atoms with Crippen LogP contribution < -0.4 is 10.9 Å². The van der Waals surface area contributed by atoms with Crippen molar-refractivity contribution in [3.8, 4) is 16.9 Å². The summed E-state index contributed by atoms with van der Waals surface area (Å²) in [6.45, 7) is 0.566. The summed E-state index contributed by atoms with van der Waals surface area (Å²) >= 11 is 0. The predicted octanol–water partition coefficient (Wildman–Crippen LogP) is 4.25. The van der Waals surface area contributed by atoms with Gasteiger partial charge in [0.05, 0.1) is 16.8 Å². The van der Waals surface area contributed by atoms with E-state index in [9.17, 15) is 9.59 Å². The molecule has 162 valence electrons. The molecule has 1 N–H and O–H groups in total. The van der Waals surface area contributed by atoms with E-state index in [1.54, 1.807) is 6.20 Å². The Bertz CT molecular complexity index is 1240. The number of para-hydroxylation sites is 1. The lowest BCUT2D eigenvalue weighted by Gasteiger charge is -2.23. The number of hydrogen-bond donors (Lipinski definition) is 1. The van der Waals surface area contributed by atoms with Gasteiger partial charge in [-0.2, -0.15) is 9.78 Å². The van der Waals surface area contributed by atoms with Gasteiger partial charge in [-0.3, -0.25) is 9.59 Å². The first-order valence-electron chi connectivity index (χ1n) is 11.2. The number of carbonyl (C=O) groups is 1. The quantitative estimate of drug-likeness (QED) is 0.519. The van der Waals surface area contributed by atoms with E-state index in [0.717, 1.165) is 31.2 Å². The van der Waals surface area contributed by atoms with Crippen molar-refractivity contribution in [2.45, 2.75) is 44.7 Å². The zero-order chi connectivity index (χ0) is 21.9. The Hall–Kier alpha value is -3.67. The van der Waals surface area contributed by atoms with Crippen molar-refractivity contribution in [2.24, 2.45) is 0 Å². The van der Waals surface area contributed by atoms with Crippen LogP contribution in [-0.4, -0.2) is 26.3 Å². The average molecular weight is 427 g/mol. The van der Waals surface area contributed by atoms with E-state index in [1.807, 2.05) is 71.4 Å². The lowest BCUT2D eigenvalue weighted by Crippen LogP contribution is -2.36. The van der Waals surface area contributed by atoms with Crippen molar-refractivity contribution in [3.05, 3.63) is 94.5 Å². The lowest BCUT2D eigenvalue weighted by atomic mass is 9.95. The molecule has 2 aromatic rings. The zero-order valence-corrected chi connectivity index (χ0v) is 17.9. The van der Waals surface area contributed by atoms with E-state index in [2.05, 4.69) is 10.4 Å². The van der Waals surface area contributed by atoms with E-state index in [4.69, 9.17) is 0 Å². The minimum absolute atomic E-state index is 0.165. The fourth-order valence-electron chi connectivity index (χ4n) is 4.47. The number of rotatable bonds is 5. The van der Waals surface area contributed by atoms with Crippen LogP contribution in [0.25, 0.3) is 16.9 Å². The number of carbonyl (C=O) groups excluding carboxylic acids is 1. The smallest absolute Gasteiger partial charge is 0.282 e. The van der Waals surface area contributed by atoms with Gasteiger partial charge in [0.15, 0.2) is 0 Å². The van der Waals surface area contributed by atoms with Crippen LogP contribution in [0.2, 0.25) is 0 Å². The molecule has 1 fully saturated rings. The number of nitrogens with zero attached hydrogens (tertiary/aromatic N) is 3. The van der Waals surface area contributed by atoms with Crippen molar-refractivity contribution in [1.29, 1.82) is 0 Å². The van der Waals surface area contributed by atoms with E-state index in [-0.39, 0.29) is 17.5 Å². The summed E-state index contributed by atoms with van der Waals surface area (Å²) in [6.07, 6.45) is 9.10. The van der Waals surface area contributed by atoms with Crippen LogP contribution in [0.4, 0.5) is 0 Å². The van der Waals surface area contributed by atoms with Crippen LogP contribution >= 0.6 is 0 Å². The molecule has 1 aliphatic carbocycles. The Kier molecular flexibility index (Phi) is 5.58. The summed E-state index contributed by atoms with van der Waals surface area (Å²) in [5.41, 5.74) is 2.88. The molecule has 0 atom stereocenters. The fourth-order valence-corrected chi connectivity index (χ4v) is 4.47. The standard InChI is InChI=1S/C26H26N4O2/c31-25(27-20-12-6-2-7-13-20)22-17-29(16-19-10-4-1-5-11-19)18-23-24(22)28-30(26(23)32)21-14-8-3-9-15-21/h1,3-5,8-11,14-15,17-18,20H,2,6-7,12-13,16H2,(H,27,31). The normalized spacial score (nSPS) is 14.5. The zero-order valence-electron chi connectivity index (χ0n) is 17.9. The second-order valence-corrected chi connectivity index (χ2v) is 8.45. The van der Waals surface area contributed by atoms with Gasteiger partial charge >= 0.3 is 0 Å². The first-order valence-corrected chi connectivity index (χ1v) is 11.2. The van der Waals surface area contributed by atoms with Gasteiger partial charge < -0.3 is 9.88 Å². The molecule has 3 aliphatic rings. The summed E-state index contributed by atoms with van der Waals surface area (Å²) in [5.74, 6) is -0.165. The molecule has 2 heterocycles. The summed E-state index contributed by atoms with van der Waals surface area (Å²) in [7, 11) is 0. The number of benzene rings is 2. The Morgan fingerprint density at radius 3 is 2.34 bits per heavy atom. The number of nitrogens with one attached hydrogen (secondary N) is 1. The Labute approximate surface area is 186 Å².